The summed E-state index contributed by atoms with van der Waals surface area (Å²) in [5.41, 5.74) is 3.06. The van der Waals surface area contributed by atoms with Crippen molar-refractivity contribution < 1.29 is 9.47 Å². The van der Waals surface area contributed by atoms with Gasteiger partial charge in [0.15, 0.2) is 11.5 Å². The number of H-pyrrole nitrogens is 1. The van der Waals surface area contributed by atoms with Crippen LogP contribution in [0.4, 0.5) is 0 Å². The molecule has 0 aliphatic carbocycles. The van der Waals surface area contributed by atoms with Gasteiger partial charge in [-0.25, -0.2) is 4.98 Å². The molecule has 3 aromatic rings. The smallest absolute Gasteiger partial charge is 0.163 e. The van der Waals surface area contributed by atoms with Crippen LogP contribution >= 0.6 is 0 Å². The minimum absolute atomic E-state index is 0.692. The third-order valence-corrected chi connectivity index (χ3v) is 3.25. The van der Waals surface area contributed by atoms with Crippen LogP contribution in [-0.2, 0) is 6.42 Å². The van der Waals surface area contributed by atoms with E-state index in [0.717, 1.165) is 23.3 Å². The van der Waals surface area contributed by atoms with E-state index in [0.29, 0.717) is 11.5 Å². The fraction of sp³-hybridized carbons (Fsp3) is 0.188. The summed E-state index contributed by atoms with van der Waals surface area (Å²) in [6, 6.07) is 14.1. The molecule has 102 valence electrons. The normalized spacial score (nSPS) is 10.7. The molecule has 1 heterocycles. The lowest BCUT2D eigenvalue weighted by Crippen LogP contribution is -1.89. The van der Waals surface area contributed by atoms with Crippen molar-refractivity contribution in [2.75, 3.05) is 14.2 Å². The summed E-state index contributed by atoms with van der Waals surface area (Å²) in [6.07, 6.45) is 0.778. The molecule has 0 atom stereocenters. The van der Waals surface area contributed by atoms with Crippen LogP contribution in [0.5, 0.6) is 11.5 Å². The van der Waals surface area contributed by atoms with Gasteiger partial charge >= 0.3 is 0 Å². The van der Waals surface area contributed by atoms with E-state index in [2.05, 4.69) is 22.1 Å². The van der Waals surface area contributed by atoms with E-state index in [4.69, 9.17) is 9.47 Å². The van der Waals surface area contributed by atoms with Crippen LogP contribution in [0.1, 0.15) is 11.4 Å². The molecule has 0 unspecified atom stereocenters. The highest BCUT2D eigenvalue weighted by molar-refractivity contribution is 5.79. The van der Waals surface area contributed by atoms with Crippen molar-refractivity contribution in [2.45, 2.75) is 6.42 Å². The molecule has 1 aromatic heterocycles. The van der Waals surface area contributed by atoms with Crippen molar-refractivity contribution >= 4 is 11.0 Å². The van der Waals surface area contributed by atoms with Crippen molar-refractivity contribution in [3.05, 3.63) is 53.9 Å². The molecule has 2 aromatic carbocycles. The average Bonchev–Trinajstić information content (AvgIpc) is 2.87. The van der Waals surface area contributed by atoms with Gasteiger partial charge in [-0.1, -0.05) is 30.3 Å². The molecular formula is C16H16N2O2. The van der Waals surface area contributed by atoms with E-state index in [-0.39, 0.29) is 0 Å². The Balaban J connectivity index is 1.98. The monoisotopic (exact) mass is 268 g/mol. The molecule has 0 radical (unpaired) electrons. The summed E-state index contributed by atoms with van der Waals surface area (Å²) in [5.74, 6) is 2.33. The first-order valence-corrected chi connectivity index (χ1v) is 6.44. The van der Waals surface area contributed by atoms with Crippen LogP contribution in [0.3, 0.4) is 0 Å². The highest BCUT2D eigenvalue weighted by Crippen LogP contribution is 2.31. The maximum Gasteiger partial charge on any atom is 0.163 e. The maximum absolute atomic E-state index is 5.30. The SMILES string of the molecule is COc1cc2nc(Cc3ccccc3)[nH]c2cc1OC. The Bertz CT molecular complexity index is 679. The van der Waals surface area contributed by atoms with Gasteiger partial charge in [0.05, 0.1) is 25.3 Å². The van der Waals surface area contributed by atoms with Crippen LogP contribution in [0.2, 0.25) is 0 Å². The molecule has 0 spiro atoms. The molecule has 0 fully saturated rings. The van der Waals surface area contributed by atoms with Gasteiger partial charge in [0.2, 0.25) is 0 Å². The number of hydrogen-bond acceptors (Lipinski definition) is 3. The average molecular weight is 268 g/mol. The summed E-state index contributed by atoms with van der Waals surface area (Å²) in [5, 5.41) is 0. The minimum atomic E-state index is 0.692. The van der Waals surface area contributed by atoms with Gasteiger partial charge in [0.1, 0.15) is 5.82 Å². The van der Waals surface area contributed by atoms with Gasteiger partial charge in [-0.05, 0) is 5.56 Å². The van der Waals surface area contributed by atoms with E-state index in [1.807, 2.05) is 30.3 Å². The Morgan fingerprint density at radius 3 is 2.40 bits per heavy atom. The van der Waals surface area contributed by atoms with E-state index < -0.39 is 0 Å². The molecule has 1 N–H and O–H groups in total. The van der Waals surface area contributed by atoms with Crippen molar-refractivity contribution in [3.8, 4) is 11.5 Å². The molecule has 0 aliphatic heterocycles. The van der Waals surface area contributed by atoms with Gasteiger partial charge in [-0.15, -0.1) is 0 Å². The van der Waals surface area contributed by atoms with Gasteiger partial charge < -0.3 is 14.5 Å². The molecule has 4 nitrogen and oxygen atoms in total. The van der Waals surface area contributed by atoms with Crippen molar-refractivity contribution in [1.29, 1.82) is 0 Å². The molecular weight excluding hydrogens is 252 g/mol. The number of fused-ring (bicyclic) bond motifs is 1. The molecule has 0 bridgehead atoms. The van der Waals surface area contributed by atoms with E-state index in [9.17, 15) is 0 Å². The van der Waals surface area contributed by atoms with E-state index in [1.165, 1.54) is 5.56 Å². The molecule has 20 heavy (non-hydrogen) atoms. The quantitative estimate of drug-likeness (QED) is 0.790. The maximum atomic E-state index is 5.30. The molecule has 0 saturated heterocycles. The number of aromatic amines is 1. The first kappa shape index (κ1) is 12.5. The zero-order chi connectivity index (χ0) is 13.9. The number of imidazole rings is 1. The fourth-order valence-electron chi connectivity index (χ4n) is 2.26. The lowest BCUT2D eigenvalue weighted by Gasteiger charge is -2.06. The number of hydrogen-bond donors (Lipinski definition) is 1. The van der Waals surface area contributed by atoms with Crippen LogP contribution in [0, 0.1) is 0 Å². The van der Waals surface area contributed by atoms with E-state index >= 15 is 0 Å². The van der Waals surface area contributed by atoms with Gasteiger partial charge in [-0.3, -0.25) is 0 Å². The van der Waals surface area contributed by atoms with Crippen LogP contribution in [0.25, 0.3) is 11.0 Å². The zero-order valence-electron chi connectivity index (χ0n) is 11.5. The first-order chi connectivity index (χ1) is 9.80. The van der Waals surface area contributed by atoms with Crippen LogP contribution in [0.15, 0.2) is 42.5 Å². The second kappa shape index (κ2) is 5.25. The van der Waals surface area contributed by atoms with Gasteiger partial charge in [0, 0.05) is 18.6 Å². The first-order valence-electron chi connectivity index (χ1n) is 6.44. The topological polar surface area (TPSA) is 47.1 Å². The predicted octanol–water partition coefficient (Wildman–Crippen LogP) is 3.17. The minimum Gasteiger partial charge on any atom is -0.493 e. The third-order valence-electron chi connectivity index (χ3n) is 3.25. The second-order valence-electron chi connectivity index (χ2n) is 4.57. The summed E-state index contributed by atoms with van der Waals surface area (Å²) < 4.78 is 10.6. The third kappa shape index (κ3) is 2.32. The summed E-state index contributed by atoms with van der Waals surface area (Å²) in [4.78, 5) is 7.92. The predicted molar refractivity (Wildman–Crippen MR) is 78.4 cm³/mol. The lowest BCUT2D eigenvalue weighted by atomic mass is 10.1. The Kier molecular flexibility index (Phi) is 3.29. The number of methoxy groups -OCH3 is 2. The number of rotatable bonds is 4. The van der Waals surface area contributed by atoms with E-state index in [1.54, 1.807) is 14.2 Å². The lowest BCUT2D eigenvalue weighted by molar-refractivity contribution is 0.356. The molecule has 0 aliphatic rings. The number of nitrogens with zero attached hydrogens (tertiary/aromatic N) is 1. The number of aromatic nitrogens is 2. The van der Waals surface area contributed by atoms with Crippen LogP contribution < -0.4 is 9.47 Å². The van der Waals surface area contributed by atoms with Gasteiger partial charge in [-0.2, -0.15) is 0 Å². The van der Waals surface area contributed by atoms with Crippen molar-refractivity contribution in [2.24, 2.45) is 0 Å². The Morgan fingerprint density at radius 2 is 1.70 bits per heavy atom. The van der Waals surface area contributed by atoms with Crippen molar-refractivity contribution in [3.63, 3.8) is 0 Å². The number of ether oxygens (including phenoxy) is 2. The molecule has 3 rings (SSSR count). The highest BCUT2D eigenvalue weighted by Gasteiger charge is 2.10. The summed E-state index contributed by atoms with van der Waals surface area (Å²) >= 11 is 0. The van der Waals surface area contributed by atoms with Crippen LogP contribution in [-0.4, -0.2) is 24.2 Å². The largest absolute Gasteiger partial charge is 0.493 e. The standard InChI is InChI=1S/C16H16N2O2/c1-19-14-9-12-13(10-15(14)20-2)18-16(17-12)8-11-6-4-3-5-7-11/h3-7,9-10H,8H2,1-2H3,(H,17,18). The van der Waals surface area contributed by atoms with Gasteiger partial charge in [0.25, 0.3) is 0 Å². The molecule has 4 heteroatoms. The Morgan fingerprint density at radius 1 is 1.00 bits per heavy atom. The van der Waals surface area contributed by atoms with Crippen molar-refractivity contribution in [1.82, 2.24) is 9.97 Å². The zero-order valence-corrected chi connectivity index (χ0v) is 11.5. The summed E-state index contributed by atoms with van der Waals surface area (Å²) in [6.45, 7) is 0. The summed E-state index contributed by atoms with van der Waals surface area (Å²) in [7, 11) is 3.26. The second-order valence-corrected chi connectivity index (χ2v) is 4.57. The Labute approximate surface area is 117 Å². The molecule has 0 amide bonds. The molecule has 0 saturated carbocycles. The fourth-order valence-corrected chi connectivity index (χ4v) is 2.26. The number of nitrogens with one attached hydrogen (secondary N) is 1. The highest BCUT2D eigenvalue weighted by atomic mass is 16.5. The Hall–Kier alpha value is -2.49. The number of benzene rings is 2.